The Morgan fingerprint density at radius 3 is 2.59 bits per heavy atom. The Hall–Kier alpha value is -3.05. The highest BCUT2D eigenvalue weighted by Gasteiger charge is 2.14. The van der Waals surface area contributed by atoms with E-state index in [4.69, 9.17) is 9.47 Å². The lowest BCUT2D eigenvalue weighted by Crippen LogP contribution is -2.06. The molecule has 0 aliphatic rings. The number of hydrogen-bond donors (Lipinski definition) is 2. The number of aromatic nitrogens is 1. The summed E-state index contributed by atoms with van der Waals surface area (Å²) in [5, 5.41) is 14.1. The van der Waals surface area contributed by atoms with E-state index < -0.39 is 6.10 Å². The summed E-state index contributed by atoms with van der Waals surface area (Å²) in [6.45, 7) is 2.60. The van der Waals surface area contributed by atoms with Crippen LogP contribution in [0, 0.1) is 6.92 Å². The highest BCUT2D eigenvalue weighted by atomic mass is 16.5. The zero-order valence-corrected chi connectivity index (χ0v) is 15.8. The fraction of sp³-hybridized carbons (Fsp3) is 0.227. The number of aryl methyl sites for hydroxylation is 1. The molecule has 0 aliphatic carbocycles. The fourth-order valence-electron chi connectivity index (χ4n) is 2.99. The third kappa shape index (κ3) is 4.20. The second-order valence-electron chi connectivity index (χ2n) is 6.24. The van der Waals surface area contributed by atoms with Gasteiger partial charge in [0.2, 0.25) is 0 Å². The number of rotatable bonds is 7. The summed E-state index contributed by atoms with van der Waals surface area (Å²) in [6.07, 6.45) is 0.916. The van der Waals surface area contributed by atoms with Crippen LogP contribution in [0.5, 0.6) is 11.5 Å². The van der Waals surface area contributed by atoms with Crippen LogP contribution in [0.3, 0.4) is 0 Å². The lowest BCUT2D eigenvalue weighted by atomic mass is 10.0. The summed E-state index contributed by atoms with van der Waals surface area (Å²) in [5.74, 6) is 1.42. The zero-order valence-electron chi connectivity index (χ0n) is 15.8. The van der Waals surface area contributed by atoms with E-state index in [1.165, 1.54) is 0 Å². The van der Waals surface area contributed by atoms with E-state index in [1.54, 1.807) is 20.4 Å². The molecule has 27 heavy (non-hydrogen) atoms. The van der Waals surface area contributed by atoms with Crippen LogP contribution >= 0.6 is 0 Å². The van der Waals surface area contributed by atoms with E-state index in [0.29, 0.717) is 18.0 Å². The summed E-state index contributed by atoms with van der Waals surface area (Å²) < 4.78 is 10.9. The fourth-order valence-corrected chi connectivity index (χ4v) is 2.99. The maximum Gasteiger partial charge on any atom is 0.165 e. The molecule has 0 spiro atoms. The molecular weight excluding hydrogens is 340 g/mol. The minimum atomic E-state index is -0.765. The van der Waals surface area contributed by atoms with Crippen LogP contribution in [-0.4, -0.2) is 24.3 Å². The van der Waals surface area contributed by atoms with E-state index in [9.17, 15) is 5.11 Å². The number of nitrogens with one attached hydrogen (secondary N) is 1. The molecule has 0 fully saturated rings. The molecular formula is C22H24N2O3. The molecule has 0 saturated heterocycles. The number of aliphatic hydroxyl groups is 1. The minimum absolute atomic E-state index is 0.574. The number of hydrogen-bond acceptors (Lipinski definition) is 5. The van der Waals surface area contributed by atoms with E-state index >= 15 is 0 Å². The maximum absolute atomic E-state index is 10.6. The molecule has 5 heteroatoms. The van der Waals surface area contributed by atoms with Gasteiger partial charge in [-0.05, 0) is 42.3 Å². The van der Waals surface area contributed by atoms with Gasteiger partial charge in [0, 0.05) is 24.0 Å². The van der Waals surface area contributed by atoms with Gasteiger partial charge < -0.3 is 19.9 Å². The van der Waals surface area contributed by atoms with Crippen molar-refractivity contribution < 1.29 is 14.6 Å². The van der Waals surface area contributed by atoms with E-state index in [1.807, 2.05) is 61.5 Å². The minimum Gasteiger partial charge on any atom is -0.493 e. The SMILES string of the molecule is COc1cccc(CNc2cc(C(O)c3ccccn3)ccc2C)c1OC. The van der Waals surface area contributed by atoms with Gasteiger partial charge in [-0.3, -0.25) is 4.98 Å². The second-order valence-corrected chi connectivity index (χ2v) is 6.24. The van der Waals surface area contributed by atoms with Crippen LogP contribution < -0.4 is 14.8 Å². The Morgan fingerprint density at radius 2 is 1.89 bits per heavy atom. The zero-order chi connectivity index (χ0) is 19.2. The van der Waals surface area contributed by atoms with Crippen molar-refractivity contribution in [1.82, 2.24) is 4.98 Å². The first-order valence-electron chi connectivity index (χ1n) is 8.77. The van der Waals surface area contributed by atoms with Gasteiger partial charge in [0.25, 0.3) is 0 Å². The summed E-state index contributed by atoms with van der Waals surface area (Å²) in [4.78, 5) is 4.24. The summed E-state index contributed by atoms with van der Waals surface area (Å²) in [6, 6.07) is 17.2. The quantitative estimate of drug-likeness (QED) is 0.661. The van der Waals surface area contributed by atoms with E-state index in [0.717, 1.165) is 28.1 Å². The van der Waals surface area contributed by atoms with Crippen LogP contribution in [0.15, 0.2) is 60.8 Å². The molecule has 1 aromatic heterocycles. The Bertz CT molecular complexity index is 897. The van der Waals surface area contributed by atoms with Gasteiger partial charge in [-0.2, -0.15) is 0 Å². The predicted molar refractivity (Wildman–Crippen MR) is 106 cm³/mol. The maximum atomic E-state index is 10.6. The molecule has 0 radical (unpaired) electrons. The Balaban J connectivity index is 1.82. The first kappa shape index (κ1) is 18.7. The molecule has 1 atom stereocenters. The summed E-state index contributed by atoms with van der Waals surface area (Å²) in [7, 11) is 3.26. The number of ether oxygens (including phenoxy) is 2. The number of benzene rings is 2. The van der Waals surface area contributed by atoms with Gasteiger partial charge in [0.05, 0.1) is 19.9 Å². The van der Waals surface area contributed by atoms with Crippen molar-refractivity contribution in [3.8, 4) is 11.5 Å². The molecule has 5 nitrogen and oxygen atoms in total. The molecule has 140 valence electrons. The molecule has 2 N–H and O–H groups in total. The van der Waals surface area contributed by atoms with Gasteiger partial charge in [-0.15, -0.1) is 0 Å². The lowest BCUT2D eigenvalue weighted by Gasteiger charge is -2.17. The number of methoxy groups -OCH3 is 2. The molecule has 0 aliphatic heterocycles. The normalized spacial score (nSPS) is 11.7. The number of anilines is 1. The average molecular weight is 364 g/mol. The van der Waals surface area contributed by atoms with Gasteiger partial charge in [0.1, 0.15) is 6.10 Å². The van der Waals surface area contributed by atoms with Crippen molar-refractivity contribution in [3.05, 3.63) is 83.2 Å². The molecule has 0 bridgehead atoms. The van der Waals surface area contributed by atoms with E-state index in [2.05, 4.69) is 10.3 Å². The Kier molecular flexibility index (Phi) is 5.94. The third-order valence-electron chi connectivity index (χ3n) is 4.50. The van der Waals surface area contributed by atoms with Crippen LogP contribution in [-0.2, 0) is 6.54 Å². The van der Waals surface area contributed by atoms with Crippen LogP contribution in [0.2, 0.25) is 0 Å². The summed E-state index contributed by atoms with van der Waals surface area (Å²) >= 11 is 0. The molecule has 0 saturated carbocycles. The van der Waals surface area contributed by atoms with E-state index in [-0.39, 0.29) is 0 Å². The number of nitrogens with zero attached hydrogens (tertiary/aromatic N) is 1. The molecule has 3 aromatic rings. The van der Waals surface area contributed by atoms with Crippen LogP contribution in [0.25, 0.3) is 0 Å². The van der Waals surface area contributed by atoms with Crippen molar-refractivity contribution in [1.29, 1.82) is 0 Å². The number of aliphatic hydroxyl groups excluding tert-OH is 1. The largest absolute Gasteiger partial charge is 0.493 e. The first-order chi connectivity index (χ1) is 13.1. The van der Waals surface area contributed by atoms with Crippen molar-refractivity contribution >= 4 is 5.69 Å². The number of para-hydroxylation sites is 1. The smallest absolute Gasteiger partial charge is 0.165 e. The topological polar surface area (TPSA) is 63.6 Å². The number of pyridine rings is 1. The summed E-state index contributed by atoms with van der Waals surface area (Å²) in [5.41, 5.74) is 4.45. The van der Waals surface area contributed by atoms with Crippen molar-refractivity contribution in [3.63, 3.8) is 0 Å². The Morgan fingerprint density at radius 1 is 1.04 bits per heavy atom. The van der Waals surface area contributed by atoms with Crippen LogP contribution in [0.1, 0.15) is 28.5 Å². The molecule has 2 aromatic carbocycles. The molecule has 3 rings (SSSR count). The highest BCUT2D eigenvalue weighted by Crippen LogP contribution is 2.32. The Labute approximate surface area is 159 Å². The van der Waals surface area contributed by atoms with Gasteiger partial charge in [-0.25, -0.2) is 0 Å². The second kappa shape index (κ2) is 8.56. The molecule has 0 amide bonds. The van der Waals surface area contributed by atoms with Gasteiger partial charge >= 0.3 is 0 Å². The molecule has 1 heterocycles. The van der Waals surface area contributed by atoms with Crippen LogP contribution in [0.4, 0.5) is 5.69 Å². The monoisotopic (exact) mass is 364 g/mol. The lowest BCUT2D eigenvalue weighted by molar-refractivity contribution is 0.215. The van der Waals surface area contributed by atoms with Gasteiger partial charge in [-0.1, -0.05) is 30.3 Å². The third-order valence-corrected chi connectivity index (χ3v) is 4.50. The highest BCUT2D eigenvalue weighted by molar-refractivity contribution is 5.55. The predicted octanol–water partition coefficient (Wildman–Crippen LogP) is 4.10. The first-order valence-corrected chi connectivity index (χ1v) is 8.77. The average Bonchev–Trinajstić information content (AvgIpc) is 2.72. The van der Waals surface area contributed by atoms with Crippen molar-refractivity contribution in [2.75, 3.05) is 19.5 Å². The van der Waals surface area contributed by atoms with Gasteiger partial charge in [0.15, 0.2) is 11.5 Å². The standard InChI is InChI=1S/C22H24N2O3/c1-15-10-11-16(21(25)18-8-4-5-12-23-18)13-19(15)24-14-17-7-6-9-20(26-2)22(17)27-3/h4-13,21,24-25H,14H2,1-3H3. The van der Waals surface area contributed by atoms with Crippen molar-refractivity contribution in [2.24, 2.45) is 0 Å². The van der Waals surface area contributed by atoms with Crippen molar-refractivity contribution in [2.45, 2.75) is 19.6 Å². The molecule has 1 unspecified atom stereocenters.